The van der Waals surface area contributed by atoms with Gasteiger partial charge in [-0.25, -0.2) is 0 Å². The van der Waals surface area contributed by atoms with Crippen LogP contribution < -0.4 is 0 Å². The van der Waals surface area contributed by atoms with Gasteiger partial charge in [-0.2, -0.15) is 0 Å². The van der Waals surface area contributed by atoms with E-state index in [1.807, 2.05) is 0 Å². The van der Waals surface area contributed by atoms with Crippen molar-refractivity contribution in [2.24, 2.45) is 0 Å². The van der Waals surface area contributed by atoms with Crippen molar-refractivity contribution in [3.63, 3.8) is 0 Å². The maximum Gasteiger partial charge on any atom is 0.316 e. The minimum atomic E-state index is 0. The highest BCUT2D eigenvalue weighted by atomic mass is 24.3. The first kappa shape index (κ1) is 6.77. The van der Waals surface area contributed by atoms with Gasteiger partial charge in [0.05, 0.1) is 0 Å². The van der Waals surface area contributed by atoms with Crippen molar-refractivity contribution in [1.29, 1.82) is 0 Å². The first-order valence-electron chi connectivity index (χ1n) is 2.32. The molecule has 1 fully saturated rings. The molecule has 0 N–H and O–H groups in total. The molecule has 1 saturated carbocycles. The molecule has 0 saturated heterocycles. The molecular weight excluding hydrogens is 84.4 g/mol. The summed E-state index contributed by atoms with van der Waals surface area (Å²) in [5.74, 6) is 0. The van der Waals surface area contributed by atoms with Crippen LogP contribution in [0.15, 0.2) is 0 Å². The lowest BCUT2D eigenvalue weighted by atomic mass is 10.4. The summed E-state index contributed by atoms with van der Waals surface area (Å²) in [4.78, 5) is 0. The minimum absolute atomic E-state index is 0. The molecule has 0 nitrogen and oxygen atoms in total. The van der Waals surface area contributed by atoms with Gasteiger partial charge in [0.15, 0.2) is 0 Å². The van der Waals surface area contributed by atoms with Crippen molar-refractivity contribution >= 4 is 23.1 Å². The molecule has 33 valence electrons. The zero-order chi connectivity index (χ0) is 3.54. The zero-order valence-corrected chi connectivity index (χ0v) is 3.41. The Bertz CT molecular complexity index is 15.5. The van der Waals surface area contributed by atoms with E-state index in [0.717, 1.165) is 0 Å². The number of rotatable bonds is 0. The summed E-state index contributed by atoms with van der Waals surface area (Å²) in [7, 11) is 0. The molecule has 1 radical (unpaired) electrons. The number of hydrogen-bond acceptors (Lipinski definition) is 0. The zero-order valence-electron chi connectivity index (χ0n) is 3.41. The molecule has 0 aromatic carbocycles. The predicted octanol–water partition coefficient (Wildman–Crippen LogP) is 0.848. The van der Waals surface area contributed by atoms with E-state index in [1.54, 1.807) is 0 Å². The van der Waals surface area contributed by atoms with Gasteiger partial charge in [0.2, 0.25) is 0 Å². The lowest BCUT2D eigenvalue weighted by molar-refractivity contribution is 0.886. The summed E-state index contributed by atoms with van der Waals surface area (Å²) in [6, 6.07) is 0. The topological polar surface area (TPSA) is 0 Å². The van der Waals surface area contributed by atoms with Crippen LogP contribution in [0.5, 0.6) is 0 Å². The maximum absolute atomic E-state index is 2.36. The van der Waals surface area contributed by atoms with Crippen molar-refractivity contribution in [3.05, 3.63) is 6.42 Å². The monoisotopic (exact) mass is 95.1 g/mol. The molecule has 0 spiro atoms. The average molecular weight is 95.4 g/mol. The molecule has 6 heavy (non-hydrogen) atoms. The van der Waals surface area contributed by atoms with Crippen LogP contribution in [0, 0.1) is 6.42 Å². The van der Waals surface area contributed by atoms with Gasteiger partial charge in [0.25, 0.3) is 0 Å². The van der Waals surface area contributed by atoms with Gasteiger partial charge in [0.1, 0.15) is 0 Å². The van der Waals surface area contributed by atoms with E-state index >= 15 is 0 Å². The van der Waals surface area contributed by atoms with E-state index in [-0.39, 0.29) is 23.1 Å². The predicted molar refractivity (Wildman–Crippen MR) is 31.3 cm³/mol. The first-order valence-corrected chi connectivity index (χ1v) is 2.32. The SMILES string of the molecule is [CH]1CCCC1.[MgH2]. The Hall–Kier alpha value is 0.766. The summed E-state index contributed by atoms with van der Waals surface area (Å²) in [6.07, 6.45) is 8.00. The lowest BCUT2D eigenvalue weighted by Gasteiger charge is -1.67. The fourth-order valence-corrected chi connectivity index (χ4v) is 0.722. The van der Waals surface area contributed by atoms with E-state index in [9.17, 15) is 0 Å². The Labute approximate surface area is 55.5 Å². The van der Waals surface area contributed by atoms with E-state index in [0.29, 0.717) is 0 Å². The van der Waals surface area contributed by atoms with Gasteiger partial charge < -0.3 is 0 Å². The highest BCUT2D eigenvalue weighted by molar-refractivity contribution is 5.75. The van der Waals surface area contributed by atoms with Crippen molar-refractivity contribution in [3.8, 4) is 0 Å². The highest BCUT2D eigenvalue weighted by Crippen LogP contribution is 2.13. The molecule has 0 heterocycles. The Kier molecular flexibility index (Phi) is 4.44. The summed E-state index contributed by atoms with van der Waals surface area (Å²) in [5, 5.41) is 0. The van der Waals surface area contributed by atoms with Crippen LogP contribution in [0.3, 0.4) is 0 Å². The summed E-state index contributed by atoms with van der Waals surface area (Å²) in [6.45, 7) is 0. The molecule has 1 rings (SSSR count). The normalized spacial score (nSPS) is 20.0. The highest BCUT2D eigenvalue weighted by Gasteiger charge is 1.95. The summed E-state index contributed by atoms with van der Waals surface area (Å²) >= 11 is 0. The Morgan fingerprint density at radius 3 is 1.67 bits per heavy atom. The van der Waals surface area contributed by atoms with Crippen LogP contribution in [0.1, 0.15) is 25.7 Å². The molecule has 0 atom stereocenters. The molecule has 0 bridgehead atoms. The van der Waals surface area contributed by atoms with Crippen molar-refractivity contribution < 1.29 is 0 Å². The van der Waals surface area contributed by atoms with Crippen LogP contribution in [0.2, 0.25) is 0 Å². The number of hydrogen-bond donors (Lipinski definition) is 0. The molecular formula is C5H11Mg. The maximum atomic E-state index is 2.36. The third kappa shape index (κ3) is 2.03. The molecule has 0 amide bonds. The Balaban J connectivity index is 0.000000250. The van der Waals surface area contributed by atoms with Gasteiger partial charge in [-0.1, -0.05) is 25.7 Å². The van der Waals surface area contributed by atoms with Crippen LogP contribution >= 0.6 is 0 Å². The first-order chi connectivity index (χ1) is 2.50. The second kappa shape index (κ2) is 3.94. The molecule has 0 unspecified atom stereocenters. The van der Waals surface area contributed by atoms with Crippen LogP contribution in [-0.2, 0) is 0 Å². The third-order valence-electron chi connectivity index (χ3n) is 1.07. The van der Waals surface area contributed by atoms with Gasteiger partial charge in [-0.15, -0.1) is 0 Å². The standard InChI is InChI=1S/C5H9.Mg.2H/c1-2-4-5-3-1;;;/h1H,2-5H2;;;. The van der Waals surface area contributed by atoms with E-state index in [2.05, 4.69) is 6.42 Å². The lowest BCUT2D eigenvalue weighted by Crippen LogP contribution is -1.50. The molecule has 0 aliphatic heterocycles. The van der Waals surface area contributed by atoms with Crippen molar-refractivity contribution in [2.75, 3.05) is 0 Å². The smallest absolute Gasteiger partial charge is 0.0530 e. The second-order valence-electron chi connectivity index (χ2n) is 1.57. The fourth-order valence-electron chi connectivity index (χ4n) is 0.722. The third-order valence-corrected chi connectivity index (χ3v) is 1.07. The van der Waals surface area contributed by atoms with E-state index in [4.69, 9.17) is 0 Å². The van der Waals surface area contributed by atoms with Gasteiger partial charge in [-0.3, -0.25) is 0 Å². The average Bonchev–Trinajstić information content (AvgIpc) is 1.76. The quantitative estimate of drug-likeness (QED) is 0.391. The molecule has 0 aromatic heterocycles. The molecule has 0 aromatic rings. The molecule has 1 heteroatoms. The largest absolute Gasteiger partial charge is 0.316 e. The van der Waals surface area contributed by atoms with Crippen molar-refractivity contribution in [2.45, 2.75) is 25.7 Å². The minimum Gasteiger partial charge on any atom is -0.0530 e. The van der Waals surface area contributed by atoms with E-state index in [1.165, 1.54) is 25.7 Å². The molecule has 1 aliphatic carbocycles. The molecule has 1 aliphatic rings. The van der Waals surface area contributed by atoms with Crippen LogP contribution in [0.4, 0.5) is 0 Å². The van der Waals surface area contributed by atoms with Gasteiger partial charge >= 0.3 is 23.1 Å². The van der Waals surface area contributed by atoms with E-state index < -0.39 is 0 Å². The summed E-state index contributed by atoms with van der Waals surface area (Å²) < 4.78 is 0. The second-order valence-corrected chi connectivity index (χ2v) is 1.57. The van der Waals surface area contributed by atoms with Gasteiger partial charge in [-0.05, 0) is 6.42 Å². The Morgan fingerprint density at radius 2 is 1.50 bits per heavy atom. The van der Waals surface area contributed by atoms with Gasteiger partial charge in [0, 0.05) is 0 Å². The fraction of sp³-hybridized carbons (Fsp3) is 0.800. The van der Waals surface area contributed by atoms with Crippen molar-refractivity contribution in [1.82, 2.24) is 0 Å². The van der Waals surface area contributed by atoms with Crippen LogP contribution in [-0.4, -0.2) is 23.1 Å². The van der Waals surface area contributed by atoms with Crippen LogP contribution in [0.25, 0.3) is 0 Å². The summed E-state index contributed by atoms with van der Waals surface area (Å²) in [5.41, 5.74) is 0. The Morgan fingerprint density at radius 1 is 1.00 bits per heavy atom.